The summed E-state index contributed by atoms with van der Waals surface area (Å²) in [5.41, 5.74) is 8.61. The smallest absolute Gasteiger partial charge is 0.104 e. The Kier molecular flexibility index (Phi) is 5.45. The molecular formula is C27H30N+. The van der Waals surface area contributed by atoms with E-state index in [1.165, 1.54) is 33.4 Å². The molecule has 3 aromatic rings. The van der Waals surface area contributed by atoms with E-state index < -0.39 is 0 Å². The second-order valence-corrected chi connectivity index (χ2v) is 8.52. The van der Waals surface area contributed by atoms with Crippen molar-refractivity contribution in [1.82, 2.24) is 0 Å². The van der Waals surface area contributed by atoms with E-state index in [-0.39, 0.29) is 0 Å². The van der Waals surface area contributed by atoms with Gasteiger partial charge in [-0.15, -0.1) is 0 Å². The Labute approximate surface area is 169 Å². The second-order valence-electron chi connectivity index (χ2n) is 8.52. The van der Waals surface area contributed by atoms with Gasteiger partial charge in [-0.05, 0) is 40.7 Å². The minimum Gasteiger partial charge on any atom is -0.324 e. The number of hydrogen-bond acceptors (Lipinski definition) is 0. The predicted molar refractivity (Wildman–Crippen MR) is 119 cm³/mol. The van der Waals surface area contributed by atoms with Gasteiger partial charge in [0.1, 0.15) is 6.54 Å². The molecule has 0 fully saturated rings. The van der Waals surface area contributed by atoms with Crippen LogP contribution in [0.15, 0.2) is 84.9 Å². The van der Waals surface area contributed by atoms with Gasteiger partial charge in [0.15, 0.2) is 0 Å². The summed E-state index contributed by atoms with van der Waals surface area (Å²) in [5, 5.41) is 0. The van der Waals surface area contributed by atoms with Crippen molar-refractivity contribution < 1.29 is 4.48 Å². The number of quaternary nitrogens is 1. The van der Waals surface area contributed by atoms with Crippen LogP contribution < -0.4 is 0 Å². The van der Waals surface area contributed by atoms with Crippen LogP contribution in [0.1, 0.15) is 34.2 Å². The minimum atomic E-state index is 0.997. The molecule has 1 aliphatic carbocycles. The predicted octanol–water partition coefficient (Wildman–Crippen LogP) is 5.88. The highest BCUT2D eigenvalue weighted by Crippen LogP contribution is 2.33. The third-order valence-electron chi connectivity index (χ3n) is 5.82. The highest BCUT2D eigenvalue weighted by Gasteiger charge is 2.19. The molecule has 0 heterocycles. The maximum Gasteiger partial charge on any atom is 0.104 e. The molecule has 3 aromatic carbocycles. The Bertz CT molecular complexity index is 917. The average molecular weight is 369 g/mol. The summed E-state index contributed by atoms with van der Waals surface area (Å²) in [4.78, 5) is 0. The molecule has 0 aliphatic heterocycles. The Morgan fingerprint density at radius 1 is 0.714 bits per heavy atom. The van der Waals surface area contributed by atoms with Gasteiger partial charge in [0.25, 0.3) is 0 Å². The van der Waals surface area contributed by atoms with Gasteiger partial charge in [-0.2, -0.15) is 0 Å². The molecule has 0 atom stereocenters. The maximum absolute atomic E-state index is 2.48. The van der Waals surface area contributed by atoms with Crippen LogP contribution in [0.25, 0.3) is 5.57 Å². The number of rotatable bonds is 5. The van der Waals surface area contributed by atoms with Gasteiger partial charge in [-0.1, -0.05) is 84.9 Å². The molecule has 0 unspecified atom stereocenters. The monoisotopic (exact) mass is 368 g/mol. The average Bonchev–Trinajstić information content (AvgIpc) is 2.86. The van der Waals surface area contributed by atoms with Gasteiger partial charge in [0, 0.05) is 12.0 Å². The first-order valence-corrected chi connectivity index (χ1v) is 10.3. The fourth-order valence-electron chi connectivity index (χ4n) is 4.35. The lowest BCUT2D eigenvalue weighted by atomic mass is 9.93. The van der Waals surface area contributed by atoms with E-state index in [1.807, 2.05) is 0 Å². The molecule has 0 saturated heterocycles. The van der Waals surface area contributed by atoms with E-state index in [1.54, 1.807) is 0 Å². The van der Waals surface area contributed by atoms with Crippen LogP contribution in [-0.2, 0) is 19.4 Å². The molecule has 0 spiro atoms. The molecule has 142 valence electrons. The number of hydrogen-bond donors (Lipinski definition) is 0. The first-order chi connectivity index (χ1) is 13.6. The van der Waals surface area contributed by atoms with Crippen LogP contribution in [-0.4, -0.2) is 25.1 Å². The van der Waals surface area contributed by atoms with Crippen molar-refractivity contribution in [2.75, 3.05) is 20.6 Å². The lowest BCUT2D eigenvalue weighted by Crippen LogP contribution is -2.39. The highest BCUT2D eigenvalue weighted by molar-refractivity contribution is 5.83. The number of fused-ring (bicyclic) bond motifs is 2. The van der Waals surface area contributed by atoms with Crippen molar-refractivity contribution in [2.24, 2.45) is 0 Å². The van der Waals surface area contributed by atoms with Crippen LogP contribution >= 0.6 is 0 Å². The van der Waals surface area contributed by atoms with Crippen LogP contribution in [0.4, 0.5) is 0 Å². The topological polar surface area (TPSA) is 0 Å². The van der Waals surface area contributed by atoms with Gasteiger partial charge in [0.05, 0.1) is 20.6 Å². The van der Waals surface area contributed by atoms with Crippen molar-refractivity contribution in [3.63, 3.8) is 0 Å². The third-order valence-corrected chi connectivity index (χ3v) is 5.82. The van der Waals surface area contributed by atoms with Crippen molar-refractivity contribution >= 4 is 5.57 Å². The molecule has 0 N–H and O–H groups in total. The minimum absolute atomic E-state index is 0.997. The van der Waals surface area contributed by atoms with Crippen molar-refractivity contribution in [2.45, 2.75) is 25.8 Å². The highest BCUT2D eigenvalue weighted by atomic mass is 15.3. The Balaban J connectivity index is 1.58. The van der Waals surface area contributed by atoms with E-state index >= 15 is 0 Å². The second kappa shape index (κ2) is 8.16. The van der Waals surface area contributed by atoms with E-state index in [2.05, 4.69) is 99.0 Å². The first kappa shape index (κ1) is 18.7. The molecule has 0 bridgehead atoms. The van der Waals surface area contributed by atoms with E-state index in [0.29, 0.717) is 0 Å². The zero-order valence-electron chi connectivity index (χ0n) is 17.1. The molecule has 1 heteroatoms. The van der Waals surface area contributed by atoms with Crippen LogP contribution in [0.2, 0.25) is 0 Å². The summed E-state index contributed by atoms with van der Waals surface area (Å²) >= 11 is 0. The van der Waals surface area contributed by atoms with Crippen molar-refractivity contribution in [1.29, 1.82) is 0 Å². The van der Waals surface area contributed by atoms with E-state index in [4.69, 9.17) is 0 Å². The summed E-state index contributed by atoms with van der Waals surface area (Å²) in [7, 11) is 4.67. The number of benzene rings is 3. The molecule has 1 aliphatic rings. The fourth-order valence-corrected chi connectivity index (χ4v) is 4.35. The summed E-state index contributed by atoms with van der Waals surface area (Å²) in [6, 6.07) is 28.7. The Morgan fingerprint density at radius 2 is 1.25 bits per heavy atom. The molecule has 0 amide bonds. The molecule has 0 saturated carbocycles. The molecule has 28 heavy (non-hydrogen) atoms. The molecule has 0 aromatic heterocycles. The SMILES string of the molecule is C[N+](C)(CCC=C1c2ccccc2CCc2ccccc21)Cc1ccccc1. The zero-order valence-corrected chi connectivity index (χ0v) is 17.1. The summed E-state index contributed by atoms with van der Waals surface area (Å²) in [6.07, 6.45) is 5.81. The molecule has 1 nitrogen and oxygen atoms in total. The maximum atomic E-state index is 2.48. The zero-order chi connectivity index (χ0) is 19.4. The Morgan fingerprint density at radius 3 is 1.86 bits per heavy atom. The van der Waals surface area contributed by atoms with Gasteiger partial charge >= 0.3 is 0 Å². The van der Waals surface area contributed by atoms with Crippen LogP contribution in [0.5, 0.6) is 0 Å². The van der Waals surface area contributed by atoms with E-state index in [9.17, 15) is 0 Å². The first-order valence-electron chi connectivity index (χ1n) is 10.3. The van der Waals surface area contributed by atoms with Gasteiger partial charge in [-0.25, -0.2) is 0 Å². The van der Waals surface area contributed by atoms with Gasteiger partial charge in [-0.3, -0.25) is 0 Å². The van der Waals surface area contributed by atoms with Crippen molar-refractivity contribution in [3.05, 3.63) is 113 Å². The van der Waals surface area contributed by atoms with Crippen molar-refractivity contribution in [3.8, 4) is 0 Å². The standard InChI is InChI=1S/C27H30N/c1-28(2,21-22-11-4-3-5-12-22)20-10-17-27-25-15-8-6-13-23(25)18-19-24-14-7-9-16-26(24)27/h3-9,11-17H,10,18-21H2,1-2H3/q+1. The lowest BCUT2D eigenvalue weighted by molar-refractivity contribution is -0.903. The molecule has 0 radical (unpaired) electrons. The molecular weight excluding hydrogens is 338 g/mol. The Hall–Kier alpha value is -2.64. The van der Waals surface area contributed by atoms with Gasteiger partial charge in [0.2, 0.25) is 0 Å². The summed E-state index contributed by atoms with van der Waals surface area (Å²) in [5.74, 6) is 0. The quantitative estimate of drug-likeness (QED) is 0.493. The van der Waals surface area contributed by atoms with E-state index in [0.717, 1.165) is 36.8 Å². The fraction of sp³-hybridized carbons (Fsp3) is 0.259. The third kappa shape index (κ3) is 4.26. The lowest BCUT2D eigenvalue weighted by Gasteiger charge is -2.29. The summed E-state index contributed by atoms with van der Waals surface area (Å²) in [6.45, 7) is 2.19. The number of nitrogens with zero attached hydrogens (tertiary/aromatic N) is 1. The largest absolute Gasteiger partial charge is 0.324 e. The number of aryl methyl sites for hydroxylation is 2. The van der Waals surface area contributed by atoms with Crippen LogP contribution in [0.3, 0.4) is 0 Å². The van der Waals surface area contributed by atoms with Gasteiger partial charge < -0.3 is 4.48 Å². The summed E-state index contributed by atoms with van der Waals surface area (Å²) < 4.78 is 0.997. The molecule has 4 rings (SSSR count). The van der Waals surface area contributed by atoms with Crippen LogP contribution in [0, 0.1) is 0 Å². The normalized spacial score (nSPS) is 13.4.